The third-order valence-electron chi connectivity index (χ3n) is 6.74. The number of hydrazine groups is 1. The van der Waals surface area contributed by atoms with Crippen LogP contribution < -0.4 is 11.0 Å². The Balaban J connectivity index is 1.66. The third kappa shape index (κ3) is 4.35. The fourth-order valence-electron chi connectivity index (χ4n) is 4.80. The van der Waals surface area contributed by atoms with Crippen molar-refractivity contribution in [3.05, 3.63) is 57.0 Å². The van der Waals surface area contributed by atoms with Crippen LogP contribution in [0.4, 0.5) is 0 Å². The Labute approximate surface area is 195 Å². The number of hydrogen-bond acceptors (Lipinski definition) is 4. The first kappa shape index (κ1) is 23.3. The van der Waals surface area contributed by atoms with E-state index in [0.717, 1.165) is 41.0 Å². The molecule has 33 heavy (non-hydrogen) atoms. The predicted octanol–water partition coefficient (Wildman–Crippen LogP) is 3.27. The number of rotatable bonds is 6. The van der Waals surface area contributed by atoms with E-state index in [4.69, 9.17) is 0 Å². The van der Waals surface area contributed by atoms with Crippen molar-refractivity contribution in [3.63, 3.8) is 0 Å². The maximum atomic E-state index is 12.4. The Morgan fingerprint density at radius 1 is 1.21 bits per heavy atom. The summed E-state index contributed by atoms with van der Waals surface area (Å²) in [5.74, 6) is 0.743. The maximum absolute atomic E-state index is 12.4. The number of aryl methyl sites for hydroxylation is 1. The number of likely N-dealkylation sites (N-methyl/N-ethyl adjacent to an activating group) is 1. The van der Waals surface area contributed by atoms with Crippen LogP contribution in [0, 0.1) is 13.8 Å². The minimum atomic E-state index is 0.0224. The zero-order chi connectivity index (χ0) is 24.0. The number of nitrogens with zero attached hydrogens (tertiary/aromatic N) is 3. The number of aromatic amines is 1. The molecule has 7 nitrogen and oxygen atoms in total. The summed E-state index contributed by atoms with van der Waals surface area (Å²) in [6.45, 7) is 10.4. The van der Waals surface area contributed by atoms with Gasteiger partial charge >= 0.3 is 0 Å². The van der Waals surface area contributed by atoms with Crippen molar-refractivity contribution in [1.82, 2.24) is 24.9 Å². The molecule has 1 saturated heterocycles. The average Bonchev–Trinajstić information content (AvgIpc) is 3.09. The van der Waals surface area contributed by atoms with Gasteiger partial charge < -0.3 is 14.5 Å². The minimum Gasteiger partial charge on any atom is -0.354 e. The van der Waals surface area contributed by atoms with Crippen molar-refractivity contribution < 1.29 is 4.79 Å². The number of carbonyl (C=O) groups excluding carboxylic acids is 1. The highest BCUT2D eigenvalue weighted by Crippen LogP contribution is 2.38. The van der Waals surface area contributed by atoms with Crippen molar-refractivity contribution in [2.24, 2.45) is 7.05 Å². The van der Waals surface area contributed by atoms with Crippen LogP contribution in [-0.2, 0) is 11.8 Å². The molecule has 1 aliphatic rings. The van der Waals surface area contributed by atoms with Gasteiger partial charge in [-0.3, -0.25) is 15.0 Å². The summed E-state index contributed by atoms with van der Waals surface area (Å²) in [6.07, 6.45) is 1.95. The van der Waals surface area contributed by atoms with Gasteiger partial charge in [0.05, 0.1) is 12.2 Å². The highest BCUT2D eigenvalue weighted by molar-refractivity contribution is 5.92. The highest BCUT2D eigenvalue weighted by atomic mass is 16.2. The Bertz CT molecular complexity index is 1260. The van der Waals surface area contributed by atoms with Crippen LogP contribution in [0.3, 0.4) is 0 Å². The number of pyridine rings is 1. The van der Waals surface area contributed by atoms with Crippen LogP contribution in [0.15, 0.2) is 29.2 Å². The number of nitrogens with one attached hydrogen (secondary N) is 2. The summed E-state index contributed by atoms with van der Waals surface area (Å²) in [6, 6.07) is 6.66. The molecular formula is C26H35N5O2. The second-order valence-electron chi connectivity index (χ2n) is 9.96. The lowest BCUT2D eigenvalue weighted by atomic mass is 9.89. The van der Waals surface area contributed by atoms with Gasteiger partial charge in [0.2, 0.25) is 5.91 Å². The minimum absolute atomic E-state index is 0.0224. The summed E-state index contributed by atoms with van der Waals surface area (Å²) >= 11 is 0. The van der Waals surface area contributed by atoms with E-state index in [2.05, 4.69) is 42.5 Å². The number of hydrogen-bond donors (Lipinski definition) is 2. The Morgan fingerprint density at radius 3 is 2.55 bits per heavy atom. The monoisotopic (exact) mass is 449 g/mol. The van der Waals surface area contributed by atoms with Gasteiger partial charge in [0.1, 0.15) is 0 Å². The Morgan fingerprint density at radius 2 is 1.91 bits per heavy atom. The SMILES string of the molecule is Cc1c(-c2[nH]c3ccc(C4CN(NC(=O)CN(C)C)C4)cc3c2C(C)C)cn(C)c(=O)c1C. The fraction of sp³-hybridized carbons (Fsp3) is 0.462. The number of amides is 1. The molecule has 1 amide bonds. The van der Waals surface area contributed by atoms with E-state index in [1.54, 1.807) is 4.57 Å². The van der Waals surface area contributed by atoms with Gasteiger partial charge in [-0.25, -0.2) is 5.01 Å². The molecule has 1 fully saturated rings. The molecule has 3 heterocycles. The van der Waals surface area contributed by atoms with Gasteiger partial charge in [-0.05, 0) is 62.7 Å². The van der Waals surface area contributed by atoms with E-state index in [0.29, 0.717) is 18.4 Å². The van der Waals surface area contributed by atoms with Gasteiger partial charge in [0.25, 0.3) is 5.56 Å². The molecule has 1 aromatic carbocycles. The van der Waals surface area contributed by atoms with Crippen LogP contribution in [-0.4, -0.2) is 59.1 Å². The first-order chi connectivity index (χ1) is 15.6. The van der Waals surface area contributed by atoms with Crippen LogP contribution in [0.2, 0.25) is 0 Å². The van der Waals surface area contributed by atoms with E-state index >= 15 is 0 Å². The van der Waals surface area contributed by atoms with E-state index in [9.17, 15) is 9.59 Å². The maximum Gasteiger partial charge on any atom is 0.253 e. The lowest BCUT2D eigenvalue weighted by Gasteiger charge is -2.39. The Hall–Kier alpha value is -2.90. The van der Waals surface area contributed by atoms with Gasteiger partial charge in [0.15, 0.2) is 0 Å². The molecule has 176 valence electrons. The van der Waals surface area contributed by atoms with E-state index in [1.165, 1.54) is 16.5 Å². The van der Waals surface area contributed by atoms with Crippen molar-refractivity contribution in [3.8, 4) is 11.3 Å². The van der Waals surface area contributed by atoms with Crippen LogP contribution >= 0.6 is 0 Å². The number of aromatic nitrogens is 2. The molecule has 4 rings (SSSR count). The number of H-pyrrole nitrogens is 1. The van der Waals surface area contributed by atoms with E-state index < -0.39 is 0 Å². The summed E-state index contributed by atoms with van der Waals surface area (Å²) < 4.78 is 1.67. The van der Waals surface area contributed by atoms with Crippen molar-refractivity contribution >= 4 is 16.8 Å². The fourth-order valence-corrected chi connectivity index (χ4v) is 4.80. The zero-order valence-electron chi connectivity index (χ0n) is 20.7. The van der Waals surface area contributed by atoms with Gasteiger partial charge in [-0.1, -0.05) is 19.9 Å². The molecule has 2 aromatic heterocycles. The molecule has 0 radical (unpaired) electrons. The van der Waals surface area contributed by atoms with E-state index in [1.807, 2.05) is 51.1 Å². The molecule has 1 aliphatic heterocycles. The smallest absolute Gasteiger partial charge is 0.253 e. The topological polar surface area (TPSA) is 73.4 Å². The number of benzene rings is 1. The first-order valence-corrected chi connectivity index (χ1v) is 11.6. The largest absolute Gasteiger partial charge is 0.354 e. The quantitative estimate of drug-likeness (QED) is 0.606. The van der Waals surface area contributed by atoms with Crippen molar-refractivity contribution in [1.29, 1.82) is 0 Å². The molecule has 0 aliphatic carbocycles. The zero-order valence-corrected chi connectivity index (χ0v) is 20.7. The second-order valence-corrected chi connectivity index (χ2v) is 9.96. The molecule has 7 heteroatoms. The summed E-state index contributed by atoms with van der Waals surface area (Å²) in [4.78, 5) is 29.9. The lowest BCUT2D eigenvalue weighted by Crippen LogP contribution is -2.56. The van der Waals surface area contributed by atoms with Gasteiger partial charge in [-0.15, -0.1) is 0 Å². The standard InChI is InChI=1S/C26H35N5O2/c1-15(2)24-20-10-18(19-11-31(12-19)28-23(32)14-29(5)6)8-9-22(20)27-25(24)21-13-30(7)26(33)17(4)16(21)3/h8-10,13,15,19,27H,11-12,14H2,1-7H3,(H,28,32). The summed E-state index contributed by atoms with van der Waals surface area (Å²) in [5.41, 5.74) is 10.7. The summed E-state index contributed by atoms with van der Waals surface area (Å²) in [5, 5.41) is 3.22. The van der Waals surface area contributed by atoms with Crippen LogP contribution in [0.1, 0.15) is 47.9 Å². The predicted molar refractivity (Wildman–Crippen MR) is 134 cm³/mol. The molecule has 0 saturated carbocycles. The normalized spacial score (nSPS) is 14.9. The molecular weight excluding hydrogens is 414 g/mol. The van der Waals surface area contributed by atoms with Gasteiger partial charge in [-0.2, -0.15) is 0 Å². The van der Waals surface area contributed by atoms with Gasteiger partial charge in [0, 0.05) is 54.3 Å². The van der Waals surface area contributed by atoms with Crippen molar-refractivity contribution in [2.45, 2.75) is 39.5 Å². The second kappa shape index (κ2) is 8.80. The van der Waals surface area contributed by atoms with Crippen LogP contribution in [0.5, 0.6) is 0 Å². The van der Waals surface area contributed by atoms with Crippen LogP contribution in [0.25, 0.3) is 22.2 Å². The Kier molecular flexibility index (Phi) is 6.20. The number of carbonyl (C=O) groups is 1. The molecule has 3 aromatic rings. The van der Waals surface area contributed by atoms with E-state index in [-0.39, 0.29) is 11.5 Å². The molecule has 0 unspecified atom stereocenters. The lowest BCUT2D eigenvalue weighted by molar-refractivity contribution is -0.128. The molecule has 0 spiro atoms. The molecule has 0 bridgehead atoms. The molecule has 2 N–H and O–H groups in total. The third-order valence-corrected chi connectivity index (χ3v) is 6.74. The average molecular weight is 450 g/mol. The van der Waals surface area contributed by atoms with Crippen molar-refractivity contribution in [2.75, 3.05) is 33.7 Å². The number of fused-ring (bicyclic) bond motifs is 1. The summed E-state index contributed by atoms with van der Waals surface area (Å²) in [7, 11) is 5.60. The first-order valence-electron chi connectivity index (χ1n) is 11.6. The molecule has 0 atom stereocenters. The highest BCUT2D eigenvalue weighted by Gasteiger charge is 2.30.